The number of halogens is 2. The zero-order chi connectivity index (χ0) is 13.3. The van der Waals surface area contributed by atoms with Gasteiger partial charge in [-0.05, 0) is 42.5 Å². The molecule has 0 aromatic heterocycles. The lowest BCUT2D eigenvalue weighted by molar-refractivity contribution is 0.134. The Bertz CT molecular complexity index is 423. The van der Waals surface area contributed by atoms with E-state index in [4.69, 9.17) is 0 Å². The molecular weight excluding hydrogens is 232 g/mol. The van der Waals surface area contributed by atoms with Gasteiger partial charge in [0.15, 0.2) is 11.6 Å². The van der Waals surface area contributed by atoms with Crippen LogP contribution in [0.15, 0.2) is 18.2 Å². The van der Waals surface area contributed by atoms with Crippen molar-refractivity contribution in [2.45, 2.75) is 46.2 Å². The summed E-state index contributed by atoms with van der Waals surface area (Å²) in [4.78, 5) is 2.38. The molecule has 1 unspecified atom stereocenters. The molecule has 100 valence electrons. The summed E-state index contributed by atoms with van der Waals surface area (Å²) in [5.74, 6) is -1.52. The Balaban J connectivity index is 2.11. The fraction of sp³-hybridized carbons (Fsp3) is 0.600. The van der Waals surface area contributed by atoms with E-state index in [1.54, 1.807) is 6.07 Å². The van der Waals surface area contributed by atoms with E-state index < -0.39 is 11.6 Å². The Kier molecular flexibility index (Phi) is 3.71. The Morgan fingerprint density at radius 3 is 2.56 bits per heavy atom. The summed E-state index contributed by atoms with van der Waals surface area (Å²) in [6.45, 7) is 8.46. The predicted molar refractivity (Wildman–Crippen MR) is 69.2 cm³/mol. The third kappa shape index (κ3) is 2.89. The second kappa shape index (κ2) is 4.96. The van der Waals surface area contributed by atoms with Crippen LogP contribution in [-0.4, -0.2) is 17.5 Å². The van der Waals surface area contributed by atoms with Crippen LogP contribution in [-0.2, 0) is 6.54 Å². The van der Waals surface area contributed by atoms with Crippen LogP contribution in [0.4, 0.5) is 8.78 Å². The van der Waals surface area contributed by atoms with Gasteiger partial charge in [-0.2, -0.15) is 0 Å². The second-order valence-electron chi connectivity index (χ2n) is 6.24. The maximum Gasteiger partial charge on any atom is 0.159 e. The normalized spacial score (nSPS) is 21.5. The number of nitrogens with zero attached hydrogens (tertiary/aromatic N) is 1. The molecule has 0 radical (unpaired) electrons. The average molecular weight is 253 g/mol. The quantitative estimate of drug-likeness (QED) is 0.770. The molecule has 0 amide bonds. The van der Waals surface area contributed by atoms with Gasteiger partial charge in [0.25, 0.3) is 0 Å². The molecule has 1 aliphatic heterocycles. The van der Waals surface area contributed by atoms with Gasteiger partial charge < -0.3 is 0 Å². The predicted octanol–water partition coefficient (Wildman–Crippen LogP) is 3.98. The third-order valence-electron chi connectivity index (χ3n) is 3.73. The maximum absolute atomic E-state index is 13.2. The number of hydrogen-bond acceptors (Lipinski definition) is 1. The first-order valence-electron chi connectivity index (χ1n) is 6.56. The summed E-state index contributed by atoms with van der Waals surface area (Å²) in [5.41, 5.74) is 1.08. The number of hydrogen-bond donors (Lipinski definition) is 0. The molecule has 0 bridgehead atoms. The van der Waals surface area contributed by atoms with Crippen molar-refractivity contribution in [2.24, 2.45) is 5.41 Å². The molecule has 0 saturated carbocycles. The Labute approximate surface area is 108 Å². The van der Waals surface area contributed by atoms with Gasteiger partial charge in [-0.3, -0.25) is 4.90 Å². The highest BCUT2D eigenvalue weighted by Crippen LogP contribution is 2.33. The van der Waals surface area contributed by atoms with E-state index in [0.717, 1.165) is 12.1 Å². The van der Waals surface area contributed by atoms with Gasteiger partial charge in [-0.15, -0.1) is 0 Å². The van der Waals surface area contributed by atoms with E-state index in [-0.39, 0.29) is 5.41 Å². The van der Waals surface area contributed by atoms with Crippen molar-refractivity contribution >= 4 is 0 Å². The Hall–Kier alpha value is -0.960. The van der Waals surface area contributed by atoms with Crippen molar-refractivity contribution in [1.82, 2.24) is 4.90 Å². The minimum atomic E-state index is -0.771. The molecule has 1 aliphatic rings. The molecular formula is C15H21F2N. The summed E-state index contributed by atoms with van der Waals surface area (Å²) in [6.07, 6.45) is 2.37. The van der Waals surface area contributed by atoms with Gasteiger partial charge in [-0.25, -0.2) is 8.78 Å². The molecule has 1 nitrogen and oxygen atoms in total. The summed E-state index contributed by atoms with van der Waals surface area (Å²) in [7, 11) is 0. The summed E-state index contributed by atoms with van der Waals surface area (Å²) in [5, 5.41) is 0. The third-order valence-corrected chi connectivity index (χ3v) is 3.73. The molecule has 1 aromatic carbocycles. The zero-order valence-corrected chi connectivity index (χ0v) is 11.3. The first kappa shape index (κ1) is 13.5. The van der Waals surface area contributed by atoms with Crippen LogP contribution in [0.25, 0.3) is 0 Å². The van der Waals surface area contributed by atoms with Crippen LogP contribution >= 0.6 is 0 Å². The Morgan fingerprint density at radius 2 is 1.94 bits per heavy atom. The van der Waals surface area contributed by atoms with Crippen molar-refractivity contribution in [3.05, 3.63) is 35.4 Å². The van der Waals surface area contributed by atoms with Gasteiger partial charge >= 0.3 is 0 Å². The number of likely N-dealkylation sites (tertiary alicyclic amines) is 1. The summed E-state index contributed by atoms with van der Waals surface area (Å²) >= 11 is 0. The van der Waals surface area contributed by atoms with E-state index in [1.165, 1.54) is 25.0 Å². The number of benzene rings is 1. The summed E-state index contributed by atoms with van der Waals surface area (Å²) < 4.78 is 26.1. The van der Waals surface area contributed by atoms with Crippen molar-refractivity contribution in [1.29, 1.82) is 0 Å². The smallest absolute Gasteiger partial charge is 0.159 e. The number of rotatable bonds is 2. The van der Waals surface area contributed by atoms with Crippen molar-refractivity contribution in [3.8, 4) is 0 Å². The molecule has 1 saturated heterocycles. The lowest BCUT2D eigenvalue weighted by Crippen LogP contribution is -2.38. The molecule has 0 spiro atoms. The van der Waals surface area contributed by atoms with E-state index in [9.17, 15) is 8.78 Å². The van der Waals surface area contributed by atoms with Gasteiger partial charge in [-0.1, -0.05) is 26.8 Å². The fourth-order valence-electron chi connectivity index (χ4n) is 2.87. The van der Waals surface area contributed by atoms with E-state index >= 15 is 0 Å². The standard InChI is InChI=1S/C15H21F2N/c1-15(2,3)14-5-4-8-18(14)10-11-6-7-12(16)13(17)9-11/h6-7,9,14H,4-5,8,10H2,1-3H3. The topological polar surface area (TPSA) is 3.24 Å². The first-order chi connectivity index (χ1) is 8.38. The molecule has 0 aliphatic carbocycles. The van der Waals surface area contributed by atoms with E-state index in [1.807, 2.05) is 0 Å². The summed E-state index contributed by atoms with van der Waals surface area (Å²) in [6, 6.07) is 4.72. The molecule has 3 heteroatoms. The van der Waals surface area contributed by atoms with Crippen LogP contribution in [0.2, 0.25) is 0 Å². The lowest BCUT2D eigenvalue weighted by Gasteiger charge is -2.35. The fourth-order valence-corrected chi connectivity index (χ4v) is 2.87. The van der Waals surface area contributed by atoms with E-state index in [2.05, 4.69) is 25.7 Å². The highest BCUT2D eigenvalue weighted by Gasteiger charge is 2.33. The maximum atomic E-state index is 13.2. The highest BCUT2D eigenvalue weighted by atomic mass is 19.2. The zero-order valence-electron chi connectivity index (χ0n) is 11.3. The lowest BCUT2D eigenvalue weighted by atomic mass is 9.85. The highest BCUT2D eigenvalue weighted by molar-refractivity contribution is 5.18. The van der Waals surface area contributed by atoms with E-state index in [0.29, 0.717) is 12.6 Å². The van der Waals surface area contributed by atoms with Crippen LogP contribution < -0.4 is 0 Å². The Morgan fingerprint density at radius 1 is 1.22 bits per heavy atom. The molecule has 0 N–H and O–H groups in total. The van der Waals surface area contributed by atoms with Gasteiger partial charge in [0.2, 0.25) is 0 Å². The minimum Gasteiger partial charge on any atom is -0.296 e. The molecule has 18 heavy (non-hydrogen) atoms. The molecule has 1 atom stereocenters. The van der Waals surface area contributed by atoms with Crippen LogP contribution in [0, 0.1) is 17.0 Å². The average Bonchev–Trinajstić information content (AvgIpc) is 2.71. The van der Waals surface area contributed by atoms with Crippen LogP contribution in [0.5, 0.6) is 0 Å². The van der Waals surface area contributed by atoms with Gasteiger partial charge in [0, 0.05) is 12.6 Å². The van der Waals surface area contributed by atoms with Gasteiger partial charge in [0.05, 0.1) is 0 Å². The van der Waals surface area contributed by atoms with Crippen molar-refractivity contribution in [2.75, 3.05) is 6.54 Å². The monoisotopic (exact) mass is 253 g/mol. The van der Waals surface area contributed by atoms with Crippen molar-refractivity contribution in [3.63, 3.8) is 0 Å². The largest absolute Gasteiger partial charge is 0.296 e. The van der Waals surface area contributed by atoms with Gasteiger partial charge in [0.1, 0.15) is 0 Å². The first-order valence-corrected chi connectivity index (χ1v) is 6.56. The molecule has 2 rings (SSSR count). The van der Waals surface area contributed by atoms with Crippen LogP contribution in [0.1, 0.15) is 39.2 Å². The van der Waals surface area contributed by atoms with Crippen LogP contribution in [0.3, 0.4) is 0 Å². The molecule has 1 fully saturated rings. The van der Waals surface area contributed by atoms with Crippen molar-refractivity contribution < 1.29 is 8.78 Å². The molecule has 1 heterocycles. The molecule has 1 aromatic rings. The SMILES string of the molecule is CC(C)(C)C1CCCN1Cc1ccc(F)c(F)c1. The minimum absolute atomic E-state index is 0.231. The second-order valence-corrected chi connectivity index (χ2v) is 6.24.